The van der Waals surface area contributed by atoms with E-state index in [1.165, 1.54) is 12.1 Å². The average molecular weight is 553 g/mol. The van der Waals surface area contributed by atoms with Crippen LogP contribution in [0.2, 0.25) is 0 Å². The number of nitrogens with zero attached hydrogens (tertiary/aromatic N) is 1. The Balaban J connectivity index is 1.31. The molecule has 1 aliphatic rings. The van der Waals surface area contributed by atoms with E-state index in [0.717, 1.165) is 10.3 Å². The van der Waals surface area contributed by atoms with E-state index in [1.54, 1.807) is 54.6 Å². The van der Waals surface area contributed by atoms with Gasteiger partial charge >= 0.3 is 0 Å². The smallest absolute Gasteiger partial charge is 0.261 e. The lowest BCUT2D eigenvalue weighted by Crippen LogP contribution is -2.32. The van der Waals surface area contributed by atoms with Gasteiger partial charge in [0.25, 0.3) is 11.8 Å². The summed E-state index contributed by atoms with van der Waals surface area (Å²) >= 11 is 0. The van der Waals surface area contributed by atoms with Crippen LogP contribution in [-0.2, 0) is 10.0 Å². The van der Waals surface area contributed by atoms with Crippen LogP contribution in [0.25, 0.3) is 32.7 Å². The number of carbonyl (C=O) groups excluding carboxylic acids is 2. The number of aromatic hydroxyl groups is 2. The molecule has 0 atom stereocenters. The van der Waals surface area contributed by atoms with Gasteiger partial charge in [-0.1, -0.05) is 66.7 Å². The van der Waals surface area contributed by atoms with Crippen molar-refractivity contribution in [3.05, 3.63) is 102 Å². The first-order chi connectivity index (χ1) is 19.2. The van der Waals surface area contributed by atoms with Crippen molar-refractivity contribution in [3.63, 3.8) is 0 Å². The van der Waals surface area contributed by atoms with Gasteiger partial charge in [0.05, 0.1) is 22.6 Å². The standard InChI is InChI=1S/C31H24N2O6S/c34-27-15-14-19-8-1-2-9-20(19)28(27)25-18-26(21-10-3-4-11-22(21)29(25)35)32-40(38,39)17-7-16-33-30(36)23-12-5-6-13-24(23)31(33)37/h1-6,8-15,18,32,34-35H,7,16-17H2. The normalized spacial score (nSPS) is 13.2. The number of fused-ring (bicyclic) bond motifs is 3. The van der Waals surface area contributed by atoms with Crippen molar-refractivity contribution in [1.29, 1.82) is 0 Å². The zero-order valence-electron chi connectivity index (χ0n) is 21.2. The Kier molecular flexibility index (Phi) is 6.15. The van der Waals surface area contributed by atoms with Crippen LogP contribution < -0.4 is 4.72 Å². The molecule has 6 rings (SSSR count). The number of hydrogen-bond donors (Lipinski definition) is 3. The van der Waals surface area contributed by atoms with Gasteiger partial charge in [0, 0.05) is 28.4 Å². The van der Waals surface area contributed by atoms with Crippen molar-refractivity contribution >= 4 is 49.1 Å². The number of sulfonamides is 1. The van der Waals surface area contributed by atoms with Crippen molar-refractivity contribution in [3.8, 4) is 22.6 Å². The Morgan fingerprint density at radius 3 is 2.00 bits per heavy atom. The second kappa shape index (κ2) is 9.69. The van der Waals surface area contributed by atoms with Crippen molar-refractivity contribution < 1.29 is 28.2 Å². The molecule has 1 aliphatic heterocycles. The number of imide groups is 1. The average Bonchev–Trinajstić information content (AvgIpc) is 3.19. The molecule has 0 spiro atoms. The number of phenols is 2. The molecule has 0 saturated carbocycles. The maximum Gasteiger partial charge on any atom is 0.261 e. The summed E-state index contributed by atoms with van der Waals surface area (Å²) in [7, 11) is -3.93. The van der Waals surface area contributed by atoms with Crippen molar-refractivity contribution in [2.24, 2.45) is 0 Å². The van der Waals surface area contributed by atoms with Crippen LogP contribution in [0.3, 0.4) is 0 Å². The van der Waals surface area contributed by atoms with Crippen molar-refractivity contribution in [1.82, 2.24) is 4.90 Å². The van der Waals surface area contributed by atoms with Gasteiger partial charge in [-0.2, -0.15) is 0 Å². The molecule has 8 nitrogen and oxygen atoms in total. The number of rotatable bonds is 7. The minimum atomic E-state index is -3.93. The van der Waals surface area contributed by atoms with Gasteiger partial charge in [-0.3, -0.25) is 19.2 Å². The van der Waals surface area contributed by atoms with E-state index in [2.05, 4.69) is 4.72 Å². The highest BCUT2D eigenvalue weighted by Gasteiger charge is 2.34. The molecule has 0 radical (unpaired) electrons. The summed E-state index contributed by atoms with van der Waals surface area (Å²) in [5.74, 6) is -1.36. The quantitative estimate of drug-likeness (QED) is 0.181. The second-order valence-electron chi connectivity index (χ2n) is 9.63. The maximum atomic E-state index is 13.2. The second-order valence-corrected chi connectivity index (χ2v) is 11.5. The molecule has 200 valence electrons. The minimum absolute atomic E-state index is 0.0355. The largest absolute Gasteiger partial charge is 0.507 e. The van der Waals surface area contributed by atoms with Crippen LogP contribution in [0.5, 0.6) is 11.5 Å². The SMILES string of the molecule is O=C1c2ccccc2C(=O)N1CCCS(=O)(=O)Nc1cc(-c2c(O)ccc3ccccc23)c(O)c2ccccc12. The number of nitrogens with one attached hydrogen (secondary N) is 1. The summed E-state index contributed by atoms with van der Waals surface area (Å²) in [6.45, 7) is -0.0429. The fourth-order valence-electron chi connectivity index (χ4n) is 5.25. The number of carbonyl (C=O) groups is 2. The van der Waals surface area contributed by atoms with E-state index >= 15 is 0 Å². The predicted octanol–water partition coefficient (Wildman–Crippen LogP) is 5.50. The summed E-state index contributed by atoms with van der Waals surface area (Å²) in [4.78, 5) is 26.3. The molecule has 5 aromatic carbocycles. The van der Waals surface area contributed by atoms with Crippen molar-refractivity contribution in [2.45, 2.75) is 6.42 Å². The first kappa shape index (κ1) is 25.4. The first-order valence-electron chi connectivity index (χ1n) is 12.7. The number of phenolic OH excluding ortho intramolecular Hbond substituents is 2. The van der Waals surface area contributed by atoms with Crippen LogP contribution in [-0.4, -0.2) is 47.6 Å². The van der Waals surface area contributed by atoms with Gasteiger partial charge in [-0.05, 0) is 41.5 Å². The molecule has 3 N–H and O–H groups in total. The van der Waals surface area contributed by atoms with Gasteiger partial charge < -0.3 is 10.2 Å². The third-order valence-corrected chi connectivity index (χ3v) is 8.49. The molecule has 9 heteroatoms. The van der Waals surface area contributed by atoms with Crippen molar-refractivity contribution in [2.75, 3.05) is 17.0 Å². The van der Waals surface area contributed by atoms with Gasteiger partial charge in [0.15, 0.2) is 0 Å². The van der Waals surface area contributed by atoms with Gasteiger partial charge in [0.1, 0.15) is 11.5 Å². The Morgan fingerprint density at radius 2 is 1.30 bits per heavy atom. The number of hydrogen-bond acceptors (Lipinski definition) is 6. The summed E-state index contributed by atoms with van der Waals surface area (Å²) < 4.78 is 29.0. The molecule has 0 bridgehead atoms. The lowest BCUT2D eigenvalue weighted by Gasteiger charge is -2.18. The number of benzene rings is 5. The molecule has 1 heterocycles. The summed E-state index contributed by atoms with van der Waals surface area (Å²) in [5, 5.41) is 24.5. The zero-order valence-corrected chi connectivity index (χ0v) is 22.0. The molecular weight excluding hydrogens is 528 g/mol. The lowest BCUT2D eigenvalue weighted by molar-refractivity contribution is 0.0654. The Bertz CT molecular complexity index is 1920. The van der Waals surface area contributed by atoms with E-state index in [4.69, 9.17) is 0 Å². The van der Waals surface area contributed by atoms with Crippen LogP contribution in [0, 0.1) is 0 Å². The van der Waals surface area contributed by atoms with Gasteiger partial charge in [-0.25, -0.2) is 8.42 Å². The minimum Gasteiger partial charge on any atom is -0.507 e. The summed E-state index contributed by atoms with van der Waals surface area (Å²) in [6, 6.07) is 25.6. The summed E-state index contributed by atoms with van der Waals surface area (Å²) in [5.41, 5.74) is 1.52. The van der Waals surface area contributed by atoms with E-state index in [-0.39, 0.29) is 41.5 Å². The fourth-order valence-corrected chi connectivity index (χ4v) is 6.37. The Hall–Kier alpha value is -4.89. The molecule has 40 heavy (non-hydrogen) atoms. The maximum absolute atomic E-state index is 13.2. The molecule has 0 unspecified atom stereocenters. The molecular formula is C31H24N2O6S. The van der Waals surface area contributed by atoms with Crippen LogP contribution >= 0.6 is 0 Å². The molecule has 0 fully saturated rings. The topological polar surface area (TPSA) is 124 Å². The molecule has 5 aromatic rings. The highest BCUT2D eigenvalue weighted by atomic mass is 32.2. The zero-order chi connectivity index (χ0) is 28.0. The van der Waals surface area contributed by atoms with Crippen LogP contribution in [0.15, 0.2) is 91.0 Å². The third-order valence-electron chi connectivity index (χ3n) is 7.13. The van der Waals surface area contributed by atoms with E-state index in [1.807, 2.05) is 24.3 Å². The first-order valence-corrected chi connectivity index (χ1v) is 14.3. The van der Waals surface area contributed by atoms with Gasteiger partial charge in [-0.15, -0.1) is 0 Å². The third kappa shape index (κ3) is 4.30. The monoisotopic (exact) mass is 552 g/mol. The van der Waals surface area contributed by atoms with Gasteiger partial charge in [0.2, 0.25) is 10.0 Å². The Labute approximate surface area is 230 Å². The van der Waals surface area contributed by atoms with E-state index in [9.17, 15) is 28.2 Å². The fraction of sp³-hybridized carbons (Fsp3) is 0.0968. The molecule has 0 aromatic heterocycles. The molecule has 0 saturated heterocycles. The Morgan fingerprint density at radius 1 is 0.700 bits per heavy atom. The van der Waals surface area contributed by atoms with E-state index < -0.39 is 21.8 Å². The van der Waals surface area contributed by atoms with Crippen LogP contribution in [0.1, 0.15) is 27.1 Å². The highest BCUT2D eigenvalue weighted by molar-refractivity contribution is 7.92. The molecule has 2 amide bonds. The van der Waals surface area contributed by atoms with Crippen LogP contribution in [0.4, 0.5) is 5.69 Å². The number of amides is 2. The highest BCUT2D eigenvalue weighted by Crippen LogP contribution is 2.46. The number of anilines is 1. The van der Waals surface area contributed by atoms with E-state index in [0.29, 0.717) is 32.8 Å². The molecule has 0 aliphatic carbocycles. The summed E-state index contributed by atoms with van der Waals surface area (Å²) in [6.07, 6.45) is 0.0355. The lowest BCUT2D eigenvalue weighted by atomic mass is 9.93. The predicted molar refractivity (Wildman–Crippen MR) is 154 cm³/mol.